The molecule has 7 nitrogen and oxygen atoms in total. The minimum atomic E-state index is -3.81. The van der Waals surface area contributed by atoms with Crippen LogP contribution in [0, 0.1) is 0 Å². The van der Waals surface area contributed by atoms with Gasteiger partial charge in [-0.25, -0.2) is 21.6 Å². The molecule has 1 unspecified atom stereocenters. The first-order valence-corrected chi connectivity index (χ1v) is 10.5. The van der Waals surface area contributed by atoms with E-state index < -0.39 is 25.9 Å². The van der Waals surface area contributed by atoms with Crippen molar-refractivity contribution in [3.8, 4) is 0 Å². The topological polar surface area (TPSA) is 105 Å². The highest BCUT2D eigenvalue weighted by Crippen LogP contribution is 2.27. The molecule has 1 aromatic heterocycles. The smallest absolute Gasteiger partial charge is 0.245 e. The largest absolute Gasteiger partial charge is 0.452 e. The molecule has 0 spiro atoms. The molecule has 0 amide bonds. The maximum atomic E-state index is 12.3. The fourth-order valence-corrected chi connectivity index (χ4v) is 6.13. The fourth-order valence-electron chi connectivity index (χ4n) is 2.09. The molecule has 2 rings (SSSR count). The summed E-state index contributed by atoms with van der Waals surface area (Å²) in [6.45, 7) is 3.08. The number of halogens is 1. The zero-order chi connectivity index (χ0) is 15.7. The normalized spacial score (nSPS) is 21.7. The van der Waals surface area contributed by atoms with E-state index >= 15 is 0 Å². The molecule has 1 aromatic rings. The lowest BCUT2D eigenvalue weighted by atomic mass is 10.3. The van der Waals surface area contributed by atoms with Crippen molar-refractivity contribution in [3.05, 3.63) is 16.5 Å². The van der Waals surface area contributed by atoms with Crippen LogP contribution in [0.5, 0.6) is 0 Å². The molecule has 1 aliphatic heterocycles. The van der Waals surface area contributed by atoms with E-state index in [2.05, 4.69) is 26.0 Å². The third-order valence-corrected chi connectivity index (χ3v) is 7.24. The number of sulfone groups is 1. The maximum Gasteiger partial charge on any atom is 0.245 e. The Morgan fingerprint density at radius 1 is 1.48 bits per heavy atom. The minimum absolute atomic E-state index is 0.0123. The van der Waals surface area contributed by atoms with Crippen LogP contribution in [-0.4, -0.2) is 40.9 Å². The molecule has 2 N–H and O–H groups in total. The molecule has 0 aliphatic carbocycles. The second-order valence-corrected chi connectivity index (χ2v) is 9.48. The first-order chi connectivity index (χ1) is 9.73. The Kier molecular flexibility index (Phi) is 5.14. The molecule has 1 aliphatic rings. The summed E-state index contributed by atoms with van der Waals surface area (Å²) in [4.78, 5) is -0.0142. The van der Waals surface area contributed by atoms with E-state index in [4.69, 9.17) is 4.42 Å². The zero-order valence-electron chi connectivity index (χ0n) is 11.4. The van der Waals surface area contributed by atoms with Gasteiger partial charge < -0.3 is 9.73 Å². The Bertz CT molecular complexity index is 711. The van der Waals surface area contributed by atoms with E-state index in [1.807, 2.05) is 6.92 Å². The fraction of sp³-hybridized carbons (Fsp3) is 0.636. The van der Waals surface area contributed by atoms with Gasteiger partial charge >= 0.3 is 0 Å². The molecule has 2 heterocycles. The van der Waals surface area contributed by atoms with E-state index in [1.54, 1.807) is 0 Å². The van der Waals surface area contributed by atoms with Crippen molar-refractivity contribution in [1.29, 1.82) is 0 Å². The van der Waals surface area contributed by atoms with Crippen LogP contribution in [0.2, 0.25) is 0 Å². The average molecular weight is 401 g/mol. The molecule has 120 valence electrons. The molecule has 10 heteroatoms. The number of hydrogen-bond donors (Lipinski definition) is 2. The third kappa shape index (κ3) is 4.28. The lowest BCUT2D eigenvalue weighted by Crippen LogP contribution is -2.35. The van der Waals surface area contributed by atoms with Crippen LogP contribution in [0.4, 0.5) is 0 Å². The number of hydrogen-bond acceptors (Lipinski definition) is 6. The molecule has 0 radical (unpaired) electrons. The first-order valence-electron chi connectivity index (χ1n) is 6.45. The Morgan fingerprint density at radius 3 is 2.76 bits per heavy atom. The summed E-state index contributed by atoms with van der Waals surface area (Å²) in [6.07, 6.45) is 0.293. The van der Waals surface area contributed by atoms with Crippen LogP contribution in [0.3, 0.4) is 0 Å². The van der Waals surface area contributed by atoms with Gasteiger partial charge in [0, 0.05) is 12.1 Å². The Morgan fingerprint density at radius 2 is 2.19 bits per heavy atom. The molecule has 0 aromatic carbocycles. The van der Waals surface area contributed by atoms with Crippen molar-refractivity contribution in [3.63, 3.8) is 0 Å². The molecular weight excluding hydrogens is 384 g/mol. The van der Waals surface area contributed by atoms with Gasteiger partial charge in [0.1, 0.15) is 10.7 Å². The van der Waals surface area contributed by atoms with Crippen molar-refractivity contribution in [2.75, 3.05) is 18.1 Å². The predicted molar refractivity (Wildman–Crippen MR) is 81.2 cm³/mol. The summed E-state index contributed by atoms with van der Waals surface area (Å²) in [5, 5.41) is 3.03. The zero-order valence-corrected chi connectivity index (χ0v) is 14.6. The number of nitrogens with one attached hydrogen (secondary N) is 2. The van der Waals surface area contributed by atoms with Gasteiger partial charge in [-0.2, -0.15) is 0 Å². The average Bonchev–Trinajstić information content (AvgIpc) is 2.89. The van der Waals surface area contributed by atoms with Gasteiger partial charge in [0.05, 0.1) is 18.1 Å². The Balaban J connectivity index is 2.14. The molecule has 0 saturated carbocycles. The molecule has 0 bridgehead atoms. The van der Waals surface area contributed by atoms with Crippen molar-refractivity contribution < 1.29 is 21.3 Å². The predicted octanol–water partition coefficient (Wildman–Crippen LogP) is 0.617. The van der Waals surface area contributed by atoms with Crippen molar-refractivity contribution in [2.45, 2.75) is 30.8 Å². The monoisotopic (exact) mass is 400 g/mol. The summed E-state index contributed by atoms with van der Waals surface area (Å²) in [6, 6.07) is 0.845. The van der Waals surface area contributed by atoms with Gasteiger partial charge in [-0.15, -0.1) is 0 Å². The van der Waals surface area contributed by atoms with Gasteiger partial charge in [-0.05, 0) is 28.9 Å². The summed E-state index contributed by atoms with van der Waals surface area (Å²) >= 11 is 3.08. The second-order valence-electron chi connectivity index (χ2n) is 4.85. The Hall–Kier alpha value is -0.420. The van der Waals surface area contributed by atoms with Crippen molar-refractivity contribution in [2.24, 2.45) is 0 Å². The van der Waals surface area contributed by atoms with Gasteiger partial charge in [0.25, 0.3) is 0 Å². The van der Waals surface area contributed by atoms with Crippen LogP contribution >= 0.6 is 15.9 Å². The summed E-state index contributed by atoms with van der Waals surface area (Å²) in [5.41, 5.74) is 0. The highest BCUT2D eigenvalue weighted by atomic mass is 79.9. The van der Waals surface area contributed by atoms with Gasteiger partial charge in [-0.3, -0.25) is 0 Å². The highest BCUT2D eigenvalue weighted by molar-refractivity contribution is 9.10. The summed E-state index contributed by atoms with van der Waals surface area (Å²) in [5.74, 6) is 0.341. The molecule has 1 atom stereocenters. The number of rotatable bonds is 6. The number of furan rings is 1. The van der Waals surface area contributed by atoms with E-state index in [0.29, 0.717) is 18.7 Å². The molecular formula is C11H17BrN2O5S2. The summed E-state index contributed by atoms with van der Waals surface area (Å²) in [7, 11) is -6.95. The van der Waals surface area contributed by atoms with Crippen LogP contribution in [-0.2, 0) is 26.4 Å². The van der Waals surface area contributed by atoms with Crippen LogP contribution in [0.15, 0.2) is 20.0 Å². The van der Waals surface area contributed by atoms with E-state index in [1.165, 1.54) is 6.07 Å². The van der Waals surface area contributed by atoms with Gasteiger partial charge in [0.15, 0.2) is 14.5 Å². The van der Waals surface area contributed by atoms with Gasteiger partial charge in [-0.1, -0.05) is 6.92 Å². The lowest BCUT2D eigenvalue weighted by molar-refractivity contribution is 0.464. The number of sulfonamides is 1. The van der Waals surface area contributed by atoms with E-state index in [0.717, 1.165) is 6.54 Å². The summed E-state index contributed by atoms with van der Waals surface area (Å²) < 4.78 is 55.2. The maximum absolute atomic E-state index is 12.3. The van der Waals surface area contributed by atoms with Crippen molar-refractivity contribution in [1.82, 2.24) is 10.0 Å². The van der Waals surface area contributed by atoms with E-state index in [-0.39, 0.29) is 21.1 Å². The minimum Gasteiger partial charge on any atom is -0.452 e. The second kappa shape index (κ2) is 6.37. The molecule has 1 saturated heterocycles. The third-order valence-electron chi connectivity index (χ3n) is 3.10. The van der Waals surface area contributed by atoms with Crippen molar-refractivity contribution >= 4 is 35.8 Å². The molecule has 1 fully saturated rings. The van der Waals surface area contributed by atoms with Crippen LogP contribution < -0.4 is 10.0 Å². The lowest BCUT2D eigenvalue weighted by Gasteiger charge is -2.10. The van der Waals surface area contributed by atoms with Crippen LogP contribution in [0.25, 0.3) is 0 Å². The SMILES string of the molecule is CCNCc1cc(S(=O)(=O)NC2CCS(=O)(=O)C2)c(Br)o1. The first kappa shape index (κ1) is 16.9. The Labute approximate surface area is 132 Å². The van der Waals surface area contributed by atoms with Crippen LogP contribution in [0.1, 0.15) is 19.1 Å². The standard InChI is InChI=1S/C11H17BrN2O5S2/c1-2-13-6-9-5-10(11(12)19-9)21(17,18)14-8-3-4-20(15,16)7-8/h5,8,13-14H,2-4,6-7H2,1H3. The van der Waals surface area contributed by atoms with Gasteiger partial charge in [0.2, 0.25) is 10.0 Å². The molecule has 21 heavy (non-hydrogen) atoms. The highest BCUT2D eigenvalue weighted by Gasteiger charge is 2.33. The van der Waals surface area contributed by atoms with E-state index in [9.17, 15) is 16.8 Å². The quantitative estimate of drug-likeness (QED) is 0.724.